The number of unbranched alkanes of at least 4 members (excludes halogenated alkanes) is 3. The molecule has 0 spiro atoms. The van der Waals surface area contributed by atoms with Crippen LogP contribution in [0.1, 0.15) is 32.6 Å². The van der Waals surface area contributed by atoms with Gasteiger partial charge in [-0.3, -0.25) is 0 Å². The molecule has 2 rings (SSSR count). The van der Waals surface area contributed by atoms with E-state index in [4.69, 9.17) is 0 Å². The quantitative estimate of drug-likeness (QED) is 0.573. The molecular weight excluding hydrogens is 289 g/mol. The van der Waals surface area contributed by atoms with Gasteiger partial charge in [0.15, 0.2) is 0 Å². The van der Waals surface area contributed by atoms with Gasteiger partial charge in [0.2, 0.25) is 0 Å². The minimum atomic E-state index is 0.315. The van der Waals surface area contributed by atoms with E-state index in [2.05, 4.69) is 52.2 Å². The fraction of sp³-hybridized carbons (Fsp3) is 0.429. The van der Waals surface area contributed by atoms with Crippen molar-refractivity contribution in [3.05, 3.63) is 36.5 Å². The van der Waals surface area contributed by atoms with Crippen LogP contribution in [0.5, 0.6) is 0 Å². The second-order valence-corrected chi connectivity index (χ2v) is 6.57. The fourth-order valence-electron chi connectivity index (χ4n) is 1.78. The maximum absolute atomic E-state index is 4.19. The molecule has 1 aromatic heterocycles. The Bertz CT molecular complexity index is 453. The predicted molar refractivity (Wildman–Crippen MR) is 75.6 cm³/mol. The Labute approximate surface area is 115 Å². The third-order valence-corrected chi connectivity index (χ3v) is 4.94. The number of aryl methyl sites for hydroxylation is 1. The topological polar surface area (TPSA) is 30.7 Å². The summed E-state index contributed by atoms with van der Waals surface area (Å²) in [5, 5.41) is 8.24. The van der Waals surface area contributed by atoms with Gasteiger partial charge in [0.05, 0.1) is 0 Å². The zero-order valence-electron chi connectivity index (χ0n) is 10.7. The van der Waals surface area contributed by atoms with Crippen LogP contribution < -0.4 is 9.05 Å². The molecule has 4 heteroatoms. The van der Waals surface area contributed by atoms with Gasteiger partial charge in [0.25, 0.3) is 0 Å². The number of aromatic nitrogens is 3. The van der Waals surface area contributed by atoms with Gasteiger partial charge in [0.1, 0.15) is 0 Å². The van der Waals surface area contributed by atoms with Gasteiger partial charge in [-0.15, -0.1) is 0 Å². The van der Waals surface area contributed by atoms with Crippen LogP contribution in [-0.4, -0.2) is 30.0 Å². The van der Waals surface area contributed by atoms with Crippen molar-refractivity contribution in [1.29, 1.82) is 0 Å². The van der Waals surface area contributed by atoms with Crippen molar-refractivity contribution in [2.24, 2.45) is 0 Å². The van der Waals surface area contributed by atoms with E-state index < -0.39 is 0 Å². The number of hydrogen-bond acceptors (Lipinski definition) is 2. The van der Waals surface area contributed by atoms with Crippen LogP contribution in [0.2, 0.25) is 0 Å². The summed E-state index contributed by atoms with van der Waals surface area (Å²) in [6.07, 6.45) is 6.99. The molecule has 18 heavy (non-hydrogen) atoms. The summed E-state index contributed by atoms with van der Waals surface area (Å²) in [5.74, 6) is 0. The van der Waals surface area contributed by atoms with Crippen molar-refractivity contribution < 1.29 is 0 Å². The third kappa shape index (κ3) is 3.97. The molecule has 96 valence electrons. The van der Waals surface area contributed by atoms with E-state index >= 15 is 0 Å². The molecule has 0 fully saturated rings. The second-order valence-electron chi connectivity index (χ2n) is 4.27. The Kier molecular flexibility index (Phi) is 5.43. The van der Waals surface area contributed by atoms with E-state index in [1.807, 2.05) is 6.20 Å². The number of rotatable bonds is 7. The first-order valence-corrected chi connectivity index (χ1v) is 8.23. The van der Waals surface area contributed by atoms with Crippen molar-refractivity contribution >= 4 is 24.0 Å². The van der Waals surface area contributed by atoms with E-state index in [0.29, 0.717) is 15.0 Å². The molecule has 0 radical (unpaired) electrons. The molecule has 3 nitrogen and oxygen atoms in total. The minimum absolute atomic E-state index is 0.315. The van der Waals surface area contributed by atoms with Crippen molar-refractivity contribution in [3.8, 4) is 0 Å². The molecule has 0 aliphatic carbocycles. The fourth-order valence-corrected chi connectivity index (χ4v) is 3.60. The van der Waals surface area contributed by atoms with Crippen LogP contribution >= 0.6 is 0 Å². The van der Waals surface area contributed by atoms with Crippen LogP contribution in [0, 0.1) is 0 Å². The average Bonchev–Trinajstić information content (AvgIpc) is 2.83. The second kappa shape index (κ2) is 7.34. The van der Waals surface area contributed by atoms with Crippen molar-refractivity contribution in [2.75, 3.05) is 0 Å². The van der Waals surface area contributed by atoms with Gasteiger partial charge in [-0.25, -0.2) is 0 Å². The molecular formula is C14H19N3Se. The van der Waals surface area contributed by atoms with Crippen LogP contribution in [-0.2, 0) is 6.54 Å². The molecule has 0 aliphatic rings. The Morgan fingerprint density at radius 3 is 2.72 bits per heavy atom. The molecule has 0 bridgehead atoms. The van der Waals surface area contributed by atoms with Crippen LogP contribution in [0.15, 0.2) is 36.5 Å². The molecule has 1 aromatic carbocycles. The van der Waals surface area contributed by atoms with E-state index in [1.54, 1.807) is 0 Å². The first-order valence-electron chi connectivity index (χ1n) is 6.51. The van der Waals surface area contributed by atoms with E-state index in [1.165, 1.54) is 34.7 Å². The van der Waals surface area contributed by atoms with Gasteiger partial charge < -0.3 is 0 Å². The third-order valence-electron chi connectivity index (χ3n) is 2.77. The molecule has 0 saturated heterocycles. The Hall–Kier alpha value is -1.12. The van der Waals surface area contributed by atoms with Gasteiger partial charge in [-0.1, -0.05) is 0 Å². The first kappa shape index (κ1) is 13.3. The van der Waals surface area contributed by atoms with Crippen molar-refractivity contribution in [3.63, 3.8) is 0 Å². The molecule has 0 amide bonds. The number of hydrogen-bond donors (Lipinski definition) is 0. The average molecular weight is 308 g/mol. The summed E-state index contributed by atoms with van der Waals surface area (Å²) >= 11 is 0.315. The normalized spacial score (nSPS) is 10.7. The zero-order chi connectivity index (χ0) is 12.6. The van der Waals surface area contributed by atoms with Gasteiger partial charge >= 0.3 is 115 Å². The Balaban J connectivity index is 1.91. The molecule has 0 aliphatic heterocycles. The predicted octanol–water partition coefficient (Wildman–Crippen LogP) is 1.51. The summed E-state index contributed by atoms with van der Waals surface area (Å²) in [5.41, 5.74) is 0. The van der Waals surface area contributed by atoms with E-state index in [-0.39, 0.29) is 0 Å². The molecule has 0 atom stereocenters. The van der Waals surface area contributed by atoms with Crippen molar-refractivity contribution in [2.45, 2.75) is 39.2 Å². The zero-order valence-corrected chi connectivity index (χ0v) is 12.5. The first-order chi connectivity index (χ1) is 8.90. The molecule has 0 unspecified atom stereocenters. The molecule has 0 N–H and O–H groups in total. The summed E-state index contributed by atoms with van der Waals surface area (Å²) in [7, 11) is 0. The molecule has 0 saturated carbocycles. The monoisotopic (exact) mass is 309 g/mol. The van der Waals surface area contributed by atoms with Crippen molar-refractivity contribution in [1.82, 2.24) is 15.0 Å². The Morgan fingerprint density at radius 2 is 1.94 bits per heavy atom. The summed E-state index contributed by atoms with van der Waals surface area (Å²) < 4.78 is 4.72. The molecule has 2 aromatic rings. The number of benzene rings is 1. The van der Waals surface area contributed by atoms with Crippen LogP contribution in [0.3, 0.4) is 0 Å². The number of nitrogens with zero attached hydrogens (tertiary/aromatic N) is 3. The Morgan fingerprint density at radius 1 is 1.11 bits per heavy atom. The van der Waals surface area contributed by atoms with Gasteiger partial charge in [0, 0.05) is 0 Å². The summed E-state index contributed by atoms with van der Waals surface area (Å²) in [4.78, 5) is 0. The SMILES string of the molecule is CCCCCCn1nncc1[Se]c1ccccc1. The van der Waals surface area contributed by atoms with E-state index in [9.17, 15) is 0 Å². The summed E-state index contributed by atoms with van der Waals surface area (Å²) in [6.45, 7) is 3.24. The summed E-state index contributed by atoms with van der Waals surface area (Å²) in [6, 6.07) is 10.6. The molecule has 1 heterocycles. The standard InChI is InChI=1S/C14H19N3Se/c1-2-3-4-8-11-17-14(12-15-16-17)18-13-9-6-5-7-10-13/h5-7,9-10,12H,2-4,8,11H2,1H3. The van der Waals surface area contributed by atoms with Gasteiger partial charge in [-0.2, -0.15) is 0 Å². The van der Waals surface area contributed by atoms with Gasteiger partial charge in [-0.05, 0) is 0 Å². The van der Waals surface area contributed by atoms with Crippen LogP contribution in [0.4, 0.5) is 0 Å². The maximum atomic E-state index is 4.19. The van der Waals surface area contributed by atoms with E-state index in [0.717, 1.165) is 6.54 Å². The van der Waals surface area contributed by atoms with Crippen LogP contribution in [0.25, 0.3) is 0 Å².